The summed E-state index contributed by atoms with van der Waals surface area (Å²) in [5, 5.41) is 3.35. The van der Waals surface area contributed by atoms with Gasteiger partial charge in [0.25, 0.3) is 5.56 Å². The Bertz CT molecular complexity index is 918. The van der Waals surface area contributed by atoms with Crippen molar-refractivity contribution in [1.82, 2.24) is 14.9 Å². The zero-order chi connectivity index (χ0) is 20.1. The van der Waals surface area contributed by atoms with E-state index in [1.54, 1.807) is 13.0 Å². The lowest BCUT2D eigenvalue weighted by molar-refractivity contribution is 0.395. The number of aryl methyl sites for hydroxylation is 1. The van der Waals surface area contributed by atoms with Gasteiger partial charge in [-0.1, -0.05) is 0 Å². The summed E-state index contributed by atoms with van der Waals surface area (Å²) in [5.41, 5.74) is 0.677. The number of ether oxygens (including phenoxy) is 1. The maximum atomic E-state index is 13.7. The van der Waals surface area contributed by atoms with E-state index in [4.69, 9.17) is 4.74 Å². The largest absolute Gasteiger partial charge is 0.494 e. The van der Waals surface area contributed by atoms with Gasteiger partial charge in [0.2, 0.25) is 0 Å². The van der Waals surface area contributed by atoms with Crippen molar-refractivity contribution in [1.29, 1.82) is 0 Å². The highest BCUT2D eigenvalue weighted by molar-refractivity contribution is 5.59. The molecule has 1 aliphatic heterocycles. The normalized spacial score (nSPS) is 14.8. The third kappa shape index (κ3) is 4.44. The molecule has 2 N–H and O–H groups in total. The van der Waals surface area contributed by atoms with Gasteiger partial charge in [-0.05, 0) is 51.4 Å². The van der Waals surface area contributed by atoms with Crippen LogP contribution >= 0.6 is 0 Å². The molecule has 2 heterocycles. The average Bonchev–Trinajstić information content (AvgIpc) is 2.71. The summed E-state index contributed by atoms with van der Waals surface area (Å²) in [7, 11) is 1.53. The van der Waals surface area contributed by atoms with Crippen LogP contribution in [0.4, 0.5) is 10.1 Å². The predicted molar refractivity (Wildman–Crippen MR) is 107 cm³/mol. The summed E-state index contributed by atoms with van der Waals surface area (Å²) in [6.45, 7) is 4.47. The molecule has 1 aromatic heterocycles. The summed E-state index contributed by atoms with van der Waals surface area (Å²) in [6, 6.07) is 4.84. The highest BCUT2D eigenvalue weighted by atomic mass is 19.1. The van der Waals surface area contributed by atoms with Crippen molar-refractivity contribution in [3.63, 3.8) is 0 Å². The van der Waals surface area contributed by atoms with Crippen LogP contribution < -0.4 is 26.2 Å². The van der Waals surface area contributed by atoms with Crippen LogP contribution in [0.1, 0.15) is 24.8 Å². The molecule has 2 aromatic rings. The number of anilines is 1. The third-order valence-electron chi connectivity index (χ3n) is 5.22. The first-order valence-corrected chi connectivity index (χ1v) is 9.61. The number of benzene rings is 1. The Morgan fingerprint density at radius 2 is 2.04 bits per heavy atom. The Morgan fingerprint density at radius 3 is 2.75 bits per heavy atom. The maximum Gasteiger partial charge on any atom is 0.328 e. The van der Waals surface area contributed by atoms with Crippen molar-refractivity contribution in [2.75, 3.05) is 31.6 Å². The van der Waals surface area contributed by atoms with E-state index < -0.39 is 5.69 Å². The van der Waals surface area contributed by atoms with Gasteiger partial charge in [0.05, 0.1) is 12.8 Å². The minimum Gasteiger partial charge on any atom is -0.494 e. The summed E-state index contributed by atoms with van der Waals surface area (Å²) in [4.78, 5) is 29.0. The van der Waals surface area contributed by atoms with Gasteiger partial charge in [-0.15, -0.1) is 0 Å². The van der Waals surface area contributed by atoms with Crippen molar-refractivity contribution < 1.29 is 9.13 Å². The van der Waals surface area contributed by atoms with Crippen molar-refractivity contribution in [3.05, 3.63) is 56.6 Å². The fourth-order valence-electron chi connectivity index (χ4n) is 3.72. The topological polar surface area (TPSA) is 79.4 Å². The standard InChI is InChI=1S/C20H27FN4O3/c1-14-13-23-20(27)25(19(14)26)11-3-10-24(16-6-8-22-9-7-16)17-5-4-15(21)12-18(17)28-2/h4-5,12-13,16,22H,3,6-11H2,1-2H3,(H,23,27). The van der Waals surface area contributed by atoms with E-state index in [-0.39, 0.29) is 17.4 Å². The van der Waals surface area contributed by atoms with E-state index in [2.05, 4.69) is 15.2 Å². The molecule has 0 spiro atoms. The molecule has 0 unspecified atom stereocenters. The van der Waals surface area contributed by atoms with Crippen LogP contribution in [-0.2, 0) is 6.54 Å². The molecule has 7 nitrogen and oxygen atoms in total. The van der Waals surface area contributed by atoms with Gasteiger partial charge in [0.1, 0.15) is 11.6 Å². The number of H-pyrrole nitrogens is 1. The van der Waals surface area contributed by atoms with Crippen LogP contribution in [0.15, 0.2) is 34.0 Å². The molecule has 0 amide bonds. The average molecular weight is 390 g/mol. The van der Waals surface area contributed by atoms with E-state index >= 15 is 0 Å². The molecular weight excluding hydrogens is 363 g/mol. The van der Waals surface area contributed by atoms with Gasteiger partial charge in [0.15, 0.2) is 0 Å². The molecule has 1 saturated heterocycles. The first-order chi connectivity index (χ1) is 13.5. The molecule has 0 saturated carbocycles. The Balaban J connectivity index is 1.82. The summed E-state index contributed by atoms with van der Waals surface area (Å²) >= 11 is 0. The van der Waals surface area contributed by atoms with Crippen LogP contribution in [0.25, 0.3) is 0 Å². The quantitative estimate of drug-likeness (QED) is 0.752. The SMILES string of the molecule is COc1cc(F)ccc1N(CCCn1c(=O)[nH]cc(C)c1=O)C1CCNCC1. The Labute approximate surface area is 163 Å². The van der Waals surface area contributed by atoms with Gasteiger partial charge in [-0.25, -0.2) is 9.18 Å². The summed E-state index contributed by atoms with van der Waals surface area (Å²) in [6.07, 6.45) is 3.97. The number of hydrogen-bond donors (Lipinski definition) is 2. The second kappa shape index (κ2) is 9.05. The zero-order valence-corrected chi connectivity index (χ0v) is 16.3. The molecule has 28 heavy (non-hydrogen) atoms. The highest BCUT2D eigenvalue weighted by Crippen LogP contribution is 2.32. The number of aromatic amines is 1. The van der Waals surface area contributed by atoms with E-state index in [9.17, 15) is 14.0 Å². The van der Waals surface area contributed by atoms with Crippen molar-refractivity contribution >= 4 is 5.69 Å². The van der Waals surface area contributed by atoms with Gasteiger partial charge in [0, 0.05) is 37.0 Å². The van der Waals surface area contributed by atoms with E-state index in [0.29, 0.717) is 30.8 Å². The van der Waals surface area contributed by atoms with E-state index in [1.165, 1.54) is 30.0 Å². The second-order valence-corrected chi connectivity index (χ2v) is 7.08. The van der Waals surface area contributed by atoms with Gasteiger partial charge in [-0.3, -0.25) is 9.36 Å². The number of piperidine rings is 1. The molecule has 0 aliphatic carbocycles. The van der Waals surface area contributed by atoms with Crippen molar-refractivity contribution in [3.8, 4) is 5.75 Å². The van der Waals surface area contributed by atoms with Crippen LogP contribution in [0.5, 0.6) is 5.75 Å². The van der Waals surface area contributed by atoms with E-state index in [0.717, 1.165) is 31.6 Å². The number of methoxy groups -OCH3 is 1. The molecule has 8 heteroatoms. The lowest BCUT2D eigenvalue weighted by Gasteiger charge is -2.37. The number of rotatable bonds is 7. The summed E-state index contributed by atoms with van der Waals surface area (Å²) < 4.78 is 20.3. The minimum absolute atomic E-state index is 0.267. The monoisotopic (exact) mass is 390 g/mol. The smallest absolute Gasteiger partial charge is 0.328 e. The lowest BCUT2D eigenvalue weighted by Crippen LogP contribution is -2.44. The third-order valence-corrected chi connectivity index (χ3v) is 5.22. The molecule has 1 fully saturated rings. The minimum atomic E-state index is -0.400. The van der Waals surface area contributed by atoms with Crippen LogP contribution in [0.2, 0.25) is 0 Å². The first kappa shape index (κ1) is 20.1. The number of aromatic nitrogens is 2. The molecule has 152 valence electrons. The van der Waals surface area contributed by atoms with Crippen LogP contribution in [0, 0.1) is 12.7 Å². The Kier molecular flexibility index (Phi) is 6.51. The Hall–Kier alpha value is -2.61. The van der Waals surface area contributed by atoms with E-state index in [1.807, 2.05) is 0 Å². The second-order valence-electron chi connectivity index (χ2n) is 7.08. The number of nitrogens with one attached hydrogen (secondary N) is 2. The molecule has 0 atom stereocenters. The van der Waals surface area contributed by atoms with Crippen LogP contribution in [0.3, 0.4) is 0 Å². The van der Waals surface area contributed by atoms with Gasteiger partial charge in [-0.2, -0.15) is 0 Å². The first-order valence-electron chi connectivity index (χ1n) is 9.61. The van der Waals surface area contributed by atoms with Gasteiger partial charge >= 0.3 is 5.69 Å². The molecule has 1 aromatic carbocycles. The highest BCUT2D eigenvalue weighted by Gasteiger charge is 2.24. The van der Waals surface area contributed by atoms with Crippen molar-refractivity contribution in [2.45, 2.75) is 38.8 Å². The fraction of sp³-hybridized carbons (Fsp3) is 0.500. The molecule has 0 radical (unpaired) electrons. The summed E-state index contributed by atoms with van der Waals surface area (Å²) in [5.74, 6) is 0.146. The Morgan fingerprint density at radius 1 is 1.29 bits per heavy atom. The number of hydrogen-bond acceptors (Lipinski definition) is 5. The molecule has 3 rings (SSSR count). The fourth-order valence-corrected chi connectivity index (χ4v) is 3.72. The molecule has 0 bridgehead atoms. The lowest BCUT2D eigenvalue weighted by atomic mass is 10.0. The number of halogens is 1. The molecule has 1 aliphatic rings. The zero-order valence-electron chi connectivity index (χ0n) is 16.3. The molecular formula is C20H27FN4O3. The maximum absolute atomic E-state index is 13.7. The van der Waals surface area contributed by atoms with Gasteiger partial charge < -0.3 is 19.9 Å². The van der Waals surface area contributed by atoms with Crippen molar-refractivity contribution in [2.24, 2.45) is 0 Å². The number of nitrogens with zero attached hydrogens (tertiary/aromatic N) is 2. The predicted octanol–water partition coefficient (Wildman–Crippen LogP) is 1.64. The van der Waals surface area contributed by atoms with Crippen LogP contribution in [-0.4, -0.2) is 42.3 Å².